The highest BCUT2D eigenvalue weighted by Gasteiger charge is 2.32. The number of carbonyl (C=O) groups is 1. The normalized spacial score (nSPS) is 17.3. The molecule has 2 aliphatic heterocycles. The number of rotatable bonds is 5. The molecule has 0 aliphatic carbocycles. The quantitative estimate of drug-likeness (QED) is 0.794. The van der Waals surface area contributed by atoms with E-state index in [0.717, 1.165) is 11.1 Å². The van der Waals surface area contributed by atoms with Gasteiger partial charge < -0.3 is 14.4 Å². The standard InChI is InChI=1S/C22H19N3O3/c1-27-20-10-18-19(11-21(20)28-14-15-5-3-2-4-6-15)24-12-17-9-16(7-8-23)13-25(17)22(18)26/h2-6,10-13,17H,7,9,14H2,1H3/t17-/m0/s1. The van der Waals surface area contributed by atoms with Gasteiger partial charge in [-0.2, -0.15) is 5.26 Å². The molecule has 0 fully saturated rings. The third-order valence-electron chi connectivity index (χ3n) is 4.83. The van der Waals surface area contributed by atoms with Crippen molar-refractivity contribution in [1.82, 2.24) is 4.90 Å². The monoisotopic (exact) mass is 373 g/mol. The zero-order chi connectivity index (χ0) is 19.5. The van der Waals surface area contributed by atoms with Gasteiger partial charge in [-0.1, -0.05) is 30.3 Å². The van der Waals surface area contributed by atoms with E-state index in [1.807, 2.05) is 30.3 Å². The Labute approximate surface area is 163 Å². The van der Waals surface area contributed by atoms with Crippen LogP contribution in [0.1, 0.15) is 28.8 Å². The van der Waals surface area contributed by atoms with Crippen LogP contribution in [0.15, 0.2) is 59.2 Å². The van der Waals surface area contributed by atoms with Gasteiger partial charge in [-0.25, -0.2) is 0 Å². The van der Waals surface area contributed by atoms with E-state index in [1.165, 1.54) is 0 Å². The molecule has 0 spiro atoms. The van der Waals surface area contributed by atoms with Crippen LogP contribution in [0, 0.1) is 11.3 Å². The van der Waals surface area contributed by atoms with Crippen LogP contribution in [0.2, 0.25) is 0 Å². The summed E-state index contributed by atoms with van der Waals surface area (Å²) >= 11 is 0. The largest absolute Gasteiger partial charge is 0.493 e. The lowest BCUT2D eigenvalue weighted by Crippen LogP contribution is -2.32. The van der Waals surface area contributed by atoms with Crippen molar-refractivity contribution in [2.45, 2.75) is 25.5 Å². The number of fused-ring (bicyclic) bond motifs is 2. The SMILES string of the molecule is COc1cc2c(cc1OCc1ccccc1)N=C[C@@H]1CC(CC#N)=CN1C2=O. The molecule has 2 heterocycles. The molecule has 2 aromatic carbocycles. The number of carbonyl (C=O) groups excluding carboxylic acids is 1. The van der Waals surface area contributed by atoms with Crippen LogP contribution in [0.5, 0.6) is 11.5 Å². The highest BCUT2D eigenvalue weighted by molar-refractivity contribution is 6.04. The molecule has 0 N–H and O–H groups in total. The van der Waals surface area contributed by atoms with Crippen LogP contribution in [0.25, 0.3) is 0 Å². The Morgan fingerprint density at radius 2 is 2.07 bits per heavy atom. The van der Waals surface area contributed by atoms with Gasteiger partial charge in [0.05, 0.1) is 36.9 Å². The molecule has 0 radical (unpaired) electrons. The Hall–Kier alpha value is -3.59. The summed E-state index contributed by atoms with van der Waals surface area (Å²) in [5.74, 6) is 0.869. The first-order valence-electron chi connectivity index (χ1n) is 9.01. The van der Waals surface area contributed by atoms with Gasteiger partial charge in [0.15, 0.2) is 11.5 Å². The number of nitriles is 1. The molecule has 1 atom stereocenters. The Morgan fingerprint density at radius 1 is 1.25 bits per heavy atom. The topological polar surface area (TPSA) is 74.9 Å². The van der Waals surface area contributed by atoms with Crippen LogP contribution in [-0.4, -0.2) is 30.2 Å². The Bertz CT molecular complexity index is 1010. The second-order valence-corrected chi connectivity index (χ2v) is 6.68. The minimum absolute atomic E-state index is 0.154. The van der Waals surface area contributed by atoms with Crippen LogP contribution in [0.4, 0.5) is 5.69 Å². The van der Waals surface area contributed by atoms with E-state index >= 15 is 0 Å². The van der Waals surface area contributed by atoms with Crippen molar-refractivity contribution in [1.29, 1.82) is 5.26 Å². The third kappa shape index (κ3) is 3.35. The zero-order valence-corrected chi connectivity index (χ0v) is 15.5. The molecule has 6 nitrogen and oxygen atoms in total. The van der Waals surface area contributed by atoms with Crippen molar-refractivity contribution in [2.24, 2.45) is 4.99 Å². The van der Waals surface area contributed by atoms with Crippen LogP contribution in [0.3, 0.4) is 0 Å². The summed E-state index contributed by atoms with van der Waals surface area (Å²) in [6.07, 6.45) is 4.48. The lowest BCUT2D eigenvalue weighted by Gasteiger charge is -2.19. The fourth-order valence-electron chi connectivity index (χ4n) is 3.41. The molecule has 0 saturated heterocycles. The van der Waals surface area contributed by atoms with Gasteiger partial charge in [0, 0.05) is 18.5 Å². The van der Waals surface area contributed by atoms with Crippen LogP contribution < -0.4 is 9.47 Å². The third-order valence-corrected chi connectivity index (χ3v) is 4.83. The predicted molar refractivity (Wildman–Crippen MR) is 105 cm³/mol. The summed E-state index contributed by atoms with van der Waals surface area (Å²) in [5.41, 5.74) is 2.98. The average Bonchev–Trinajstić information content (AvgIpc) is 3.08. The van der Waals surface area contributed by atoms with Gasteiger partial charge in [0.25, 0.3) is 5.91 Å². The van der Waals surface area contributed by atoms with Gasteiger partial charge in [-0.3, -0.25) is 9.79 Å². The number of hydrogen-bond donors (Lipinski definition) is 0. The summed E-state index contributed by atoms with van der Waals surface area (Å²) in [6, 6.07) is 15.2. The number of benzene rings is 2. The summed E-state index contributed by atoms with van der Waals surface area (Å²) < 4.78 is 11.4. The summed E-state index contributed by atoms with van der Waals surface area (Å²) in [4.78, 5) is 19.2. The molecule has 0 saturated carbocycles. The molecule has 2 aliphatic rings. The zero-order valence-electron chi connectivity index (χ0n) is 15.5. The van der Waals surface area contributed by atoms with E-state index in [2.05, 4.69) is 11.1 Å². The molecular formula is C22H19N3O3. The minimum Gasteiger partial charge on any atom is -0.493 e. The first-order valence-corrected chi connectivity index (χ1v) is 9.01. The molecule has 6 heteroatoms. The molecule has 2 aromatic rings. The van der Waals surface area contributed by atoms with Crippen molar-refractivity contribution in [2.75, 3.05) is 7.11 Å². The first-order chi connectivity index (χ1) is 13.7. The van der Waals surface area contributed by atoms with Gasteiger partial charge in [-0.05, 0) is 23.6 Å². The summed E-state index contributed by atoms with van der Waals surface area (Å²) in [6.45, 7) is 0.392. The van der Waals surface area contributed by atoms with E-state index < -0.39 is 0 Å². The predicted octanol–water partition coefficient (Wildman–Crippen LogP) is 4.00. The van der Waals surface area contributed by atoms with Crippen molar-refractivity contribution < 1.29 is 14.3 Å². The molecule has 28 heavy (non-hydrogen) atoms. The first kappa shape index (κ1) is 17.8. The van der Waals surface area contributed by atoms with E-state index in [1.54, 1.807) is 36.6 Å². The average molecular weight is 373 g/mol. The number of hydrogen-bond acceptors (Lipinski definition) is 5. The van der Waals surface area contributed by atoms with Gasteiger partial charge in [-0.15, -0.1) is 0 Å². The highest BCUT2D eigenvalue weighted by atomic mass is 16.5. The molecule has 4 rings (SSSR count). The molecule has 0 aromatic heterocycles. The van der Waals surface area contributed by atoms with Crippen molar-refractivity contribution in [3.8, 4) is 17.6 Å². The van der Waals surface area contributed by atoms with E-state index in [-0.39, 0.29) is 11.9 Å². The number of ether oxygens (including phenoxy) is 2. The highest BCUT2D eigenvalue weighted by Crippen LogP contribution is 2.39. The fraction of sp³-hybridized carbons (Fsp3) is 0.227. The van der Waals surface area contributed by atoms with Gasteiger partial charge in [0.1, 0.15) is 6.61 Å². The Kier molecular flexibility index (Phi) is 4.81. The fourth-order valence-corrected chi connectivity index (χ4v) is 3.41. The second kappa shape index (κ2) is 7.57. The Morgan fingerprint density at radius 3 is 2.82 bits per heavy atom. The molecule has 140 valence electrons. The molecule has 0 bridgehead atoms. The van der Waals surface area contributed by atoms with E-state index in [4.69, 9.17) is 14.7 Å². The van der Waals surface area contributed by atoms with E-state index in [9.17, 15) is 4.79 Å². The lowest BCUT2D eigenvalue weighted by atomic mass is 10.1. The Balaban J connectivity index is 1.64. The van der Waals surface area contributed by atoms with Crippen LogP contribution >= 0.6 is 0 Å². The van der Waals surface area contributed by atoms with Crippen molar-refractivity contribution >= 4 is 17.8 Å². The maximum atomic E-state index is 13.0. The second-order valence-electron chi connectivity index (χ2n) is 6.68. The maximum absolute atomic E-state index is 13.0. The number of aliphatic imine (C=N–C) groups is 1. The summed E-state index contributed by atoms with van der Waals surface area (Å²) in [5, 5.41) is 8.91. The number of methoxy groups -OCH3 is 1. The number of amides is 1. The van der Waals surface area contributed by atoms with Gasteiger partial charge in [0.2, 0.25) is 0 Å². The molecule has 1 amide bonds. The number of nitrogens with zero attached hydrogens (tertiary/aromatic N) is 3. The van der Waals surface area contributed by atoms with Crippen LogP contribution in [-0.2, 0) is 6.61 Å². The lowest BCUT2D eigenvalue weighted by molar-refractivity contribution is 0.0817. The van der Waals surface area contributed by atoms with Crippen molar-refractivity contribution in [3.05, 3.63) is 65.4 Å². The molecule has 0 unspecified atom stereocenters. The maximum Gasteiger partial charge on any atom is 0.260 e. The van der Waals surface area contributed by atoms with Crippen molar-refractivity contribution in [3.63, 3.8) is 0 Å². The summed E-state index contributed by atoms with van der Waals surface area (Å²) in [7, 11) is 1.55. The molecular weight excluding hydrogens is 354 g/mol. The smallest absolute Gasteiger partial charge is 0.260 e. The van der Waals surface area contributed by atoms with E-state index in [0.29, 0.717) is 42.2 Å². The minimum atomic E-state index is -0.164. The van der Waals surface area contributed by atoms with Gasteiger partial charge >= 0.3 is 0 Å².